The average Bonchev–Trinajstić information content (AvgIpc) is 3.14. The number of carbonyl (C=O) groups excluding carboxylic acids is 1. The minimum atomic E-state index is -0.794. The van der Waals surface area contributed by atoms with E-state index in [9.17, 15) is 9.59 Å². The van der Waals surface area contributed by atoms with Crippen molar-refractivity contribution in [2.45, 2.75) is 19.9 Å². The molecular formula is C26H26Cl2N6O4. The zero-order chi connectivity index (χ0) is 27.7. The molecule has 1 aliphatic rings. The molecule has 0 aliphatic carbocycles. The first-order valence-corrected chi connectivity index (χ1v) is 12.3. The van der Waals surface area contributed by atoms with E-state index in [1.54, 1.807) is 31.3 Å². The van der Waals surface area contributed by atoms with E-state index >= 15 is 0 Å². The van der Waals surface area contributed by atoms with Crippen molar-refractivity contribution in [3.8, 4) is 11.9 Å². The summed E-state index contributed by atoms with van der Waals surface area (Å²) in [7, 11) is 4.46. The van der Waals surface area contributed by atoms with E-state index in [0.717, 1.165) is 0 Å². The smallest absolute Gasteiger partial charge is 0.319 e. The molecule has 3 heterocycles. The fraction of sp³-hybridized carbons (Fsp3) is 0.269. The Hall–Kier alpha value is -3.89. The van der Waals surface area contributed by atoms with Gasteiger partial charge in [-0.05, 0) is 29.7 Å². The molecule has 10 nitrogen and oxygen atoms in total. The maximum Gasteiger partial charge on any atom is 0.319 e. The summed E-state index contributed by atoms with van der Waals surface area (Å²) < 4.78 is 11.8. The fourth-order valence-electron chi connectivity index (χ4n) is 4.25. The molecule has 198 valence electrons. The summed E-state index contributed by atoms with van der Waals surface area (Å²) in [5, 5.41) is 0.800. The molecule has 2 N–H and O–H groups in total. The van der Waals surface area contributed by atoms with Crippen molar-refractivity contribution in [1.29, 1.82) is 0 Å². The monoisotopic (exact) mass is 556 g/mol. The van der Waals surface area contributed by atoms with Crippen LogP contribution in [0.25, 0.3) is 0 Å². The van der Waals surface area contributed by atoms with Gasteiger partial charge in [0.1, 0.15) is 17.1 Å². The quantitative estimate of drug-likeness (QED) is 0.431. The number of halogens is 2. The number of hydrogen-bond acceptors (Lipinski definition) is 8. The lowest BCUT2D eigenvalue weighted by molar-refractivity contribution is -0.114. The van der Waals surface area contributed by atoms with Crippen molar-refractivity contribution in [2.24, 2.45) is 23.7 Å². The van der Waals surface area contributed by atoms with E-state index in [1.165, 1.54) is 42.1 Å². The molecule has 0 radical (unpaired) electrons. The molecule has 0 saturated carbocycles. The van der Waals surface area contributed by atoms with Crippen LogP contribution in [0, 0.1) is 5.92 Å². The van der Waals surface area contributed by atoms with Crippen LogP contribution >= 0.6 is 23.2 Å². The number of nitrogens with two attached hydrogens (primary N) is 1. The van der Waals surface area contributed by atoms with Crippen molar-refractivity contribution < 1.29 is 14.3 Å². The normalized spacial score (nSPS) is 16.0. The maximum atomic E-state index is 13.7. The number of amides is 1. The molecule has 2 aromatic heterocycles. The van der Waals surface area contributed by atoms with Crippen LogP contribution in [0.3, 0.4) is 0 Å². The van der Waals surface area contributed by atoms with E-state index < -0.39 is 17.5 Å². The predicted molar refractivity (Wildman–Crippen MR) is 147 cm³/mol. The molecular weight excluding hydrogens is 531 g/mol. The first kappa shape index (κ1) is 27.2. The number of aryl methyl sites for hydroxylation is 1. The van der Waals surface area contributed by atoms with E-state index in [4.69, 9.17) is 43.4 Å². The van der Waals surface area contributed by atoms with Crippen LogP contribution in [0.4, 0.5) is 11.4 Å². The van der Waals surface area contributed by atoms with Crippen molar-refractivity contribution in [3.05, 3.63) is 80.0 Å². The van der Waals surface area contributed by atoms with Crippen LogP contribution in [0.1, 0.15) is 25.5 Å². The van der Waals surface area contributed by atoms with Crippen molar-refractivity contribution >= 4 is 46.2 Å². The van der Waals surface area contributed by atoms with Crippen molar-refractivity contribution in [2.75, 3.05) is 19.1 Å². The number of pyridine rings is 1. The Morgan fingerprint density at radius 3 is 2.39 bits per heavy atom. The van der Waals surface area contributed by atoms with Gasteiger partial charge in [-0.3, -0.25) is 14.5 Å². The highest BCUT2D eigenvalue weighted by Crippen LogP contribution is 2.42. The Morgan fingerprint density at radius 1 is 1.11 bits per heavy atom. The van der Waals surface area contributed by atoms with Gasteiger partial charge in [-0.15, -0.1) is 0 Å². The highest BCUT2D eigenvalue weighted by molar-refractivity contribution is 6.31. The van der Waals surface area contributed by atoms with E-state index in [2.05, 4.69) is 9.97 Å². The average molecular weight is 557 g/mol. The number of hydrogen-bond donors (Lipinski definition) is 1. The van der Waals surface area contributed by atoms with Crippen LogP contribution in [0.15, 0.2) is 63.8 Å². The number of nitrogens with zero attached hydrogens (tertiary/aromatic N) is 5. The van der Waals surface area contributed by atoms with Crippen LogP contribution in [0.2, 0.25) is 10.0 Å². The van der Waals surface area contributed by atoms with Gasteiger partial charge >= 0.3 is 6.01 Å². The van der Waals surface area contributed by atoms with Crippen molar-refractivity contribution in [1.82, 2.24) is 14.5 Å². The van der Waals surface area contributed by atoms with Gasteiger partial charge in [-0.2, -0.15) is 4.98 Å². The molecule has 1 aliphatic heterocycles. The van der Waals surface area contributed by atoms with E-state index in [1.807, 2.05) is 13.8 Å². The standard InChI is InChI=1S/C26H26Cl2N6O4/c1-13(2)21(31-17-11-30-26(38-5)32-23(17)37-4)19-20(29)25(36)34(18-10-16(28)12-33(3)24(18)35)22(19)14-6-8-15(27)9-7-14/h6-13,22H,29H2,1-5H3. The first-order valence-electron chi connectivity index (χ1n) is 11.6. The molecule has 1 aromatic carbocycles. The van der Waals surface area contributed by atoms with Crippen LogP contribution < -0.4 is 25.7 Å². The zero-order valence-corrected chi connectivity index (χ0v) is 22.9. The third-order valence-electron chi connectivity index (χ3n) is 6.00. The van der Waals surface area contributed by atoms with Gasteiger partial charge in [-0.1, -0.05) is 49.2 Å². The van der Waals surface area contributed by atoms with Gasteiger partial charge in [0.25, 0.3) is 11.5 Å². The number of benzene rings is 1. The molecule has 4 rings (SSSR count). The second-order valence-corrected chi connectivity index (χ2v) is 9.69. The molecule has 1 atom stereocenters. The number of aromatic nitrogens is 3. The number of anilines is 1. The summed E-state index contributed by atoms with van der Waals surface area (Å²) in [6, 6.07) is 7.72. The van der Waals surface area contributed by atoms with Crippen LogP contribution in [0.5, 0.6) is 11.9 Å². The minimum Gasteiger partial charge on any atom is -0.479 e. The molecule has 12 heteroatoms. The Balaban J connectivity index is 1.98. The highest BCUT2D eigenvalue weighted by atomic mass is 35.5. The molecule has 0 bridgehead atoms. The summed E-state index contributed by atoms with van der Waals surface area (Å²) in [6.45, 7) is 3.83. The van der Waals surface area contributed by atoms with Gasteiger partial charge in [0.2, 0.25) is 5.88 Å². The van der Waals surface area contributed by atoms with Gasteiger partial charge in [0, 0.05) is 23.8 Å². The Kier molecular flexibility index (Phi) is 7.75. The largest absolute Gasteiger partial charge is 0.479 e. The van der Waals surface area contributed by atoms with Gasteiger partial charge in [-0.25, -0.2) is 9.98 Å². The molecule has 38 heavy (non-hydrogen) atoms. The lowest BCUT2D eigenvalue weighted by Gasteiger charge is -2.28. The van der Waals surface area contributed by atoms with Gasteiger partial charge in [0.15, 0.2) is 0 Å². The third-order valence-corrected chi connectivity index (χ3v) is 6.46. The summed E-state index contributed by atoms with van der Waals surface area (Å²) in [5.41, 5.74) is 8.03. The topological polar surface area (TPSA) is 125 Å². The van der Waals surface area contributed by atoms with Gasteiger partial charge < -0.3 is 19.8 Å². The van der Waals surface area contributed by atoms with E-state index in [0.29, 0.717) is 27.6 Å². The Bertz CT molecular complexity index is 1520. The Labute approximate surface area is 229 Å². The summed E-state index contributed by atoms with van der Waals surface area (Å²) in [5.74, 6) is -0.576. The second kappa shape index (κ2) is 10.8. The first-order chi connectivity index (χ1) is 18.1. The third kappa shape index (κ3) is 4.97. The zero-order valence-electron chi connectivity index (χ0n) is 21.4. The summed E-state index contributed by atoms with van der Waals surface area (Å²) in [4.78, 5) is 41.4. The molecule has 0 spiro atoms. The highest BCUT2D eigenvalue weighted by Gasteiger charge is 2.43. The summed E-state index contributed by atoms with van der Waals surface area (Å²) >= 11 is 12.5. The number of rotatable bonds is 7. The lowest BCUT2D eigenvalue weighted by Crippen LogP contribution is -2.37. The number of aliphatic imine (C=N–C) groups is 1. The second-order valence-electron chi connectivity index (χ2n) is 8.82. The minimum absolute atomic E-state index is 0.0483. The summed E-state index contributed by atoms with van der Waals surface area (Å²) in [6.07, 6.45) is 2.93. The van der Waals surface area contributed by atoms with Crippen molar-refractivity contribution in [3.63, 3.8) is 0 Å². The molecule has 0 saturated heterocycles. The van der Waals surface area contributed by atoms with Crippen LogP contribution in [-0.2, 0) is 11.8 Å². The van der Waals surface area contributed by atoms with Gasteiger partial charge in [0.05, 0.1) is 37.2 Å². The molecule has 1 amide bonds. The molecule has 1 unspecified atom stereocenters. The number of carbonyl (C=O) groups is 1. The Morgan fingerprint density at radius 2 is 1.79 bits per heavy atom. The number of methoxy groups -OCH3 is 2. The molecule has 0 fully saturated rings. The van der Waals surface area contributed by atoms with Crippen LogP contribution in [-0.4, -0.2) is 40.4 Å². The maximum absolute atomic E-state index is 13.7. The SMILES string of the molecule is COc1ncc(N=C(C2=C(N)C(=O)N(c3cc(Cl)cn(C)c3=O)C2c2ccc(Cl)cc2)C(C)C)c(OC)n1. The predicted octanol–water partition coefficient (Wildman–Crippen LogP) is 4.23. The fourth-order valence-corrected chi connectivity index (χ4v) is 4.63. The lowest BCUT2D eigenvalue weighted by atomic mass is 9.90. The molecule has 3 aromatic rings. The van der Waals surface area contributed by atoms with E-state index in [-0.39, 0.29) is 34.2 Å². The number of ether oxygens (including phenoxy) is 2.